The van der Waals surface area contributed by atoms with Gasteiger partial charge in [-0.05, 0) is 58.2 Å². The van der Waals surface area contributed by atoms with Crippen LogP contribution >= 0.6 is 0 Å². The quantitative estimate of drug-likeness (QED) is 0.832. The molecule has 2 aliphatic rings. The summed E-state index contributed by atoms with van der Waals surface area (Å²) in [6.07, 6.45) is 5.26. The third kappa shape index (κ3) is 3.06. The molecule has 1 aliphatic heterocycles. The van der Waals surface area contributed by atoms with E-state index in [-0.39, 0.29) is 0 Å². The first-order chi connectivity index (χ1) is 8.49. The Hall–Kier alpha value is -0.120. The van der Waals surface area contributed by atoms with Crippen LogP contribution < -0.4 is 5.73 Å². The van der Waals surface area contributed by atoms with Gasteiger partial charge in [0.2, 0.25) is 0 Å². The monoisotopic (exact) mass is 253 g/mol. The standard InChI is InChI=1S/C15H31N3/c1-11-8-12(2)15(14(16)9-11)18-7-5-6-13(18)10-17(3)4/h11-15H,5-10,16H2,1-4H3. The molecule has 5 unspecified atom stereocenters. The van der Waals surface area contributed by atoms with Gasteiger partial charge in [0.15, 0.2) is 0 Å². The summed E-state index contributed by atoms with van der Waals surface area (Å²) in [6.45, 7) is 7.21. The Morgan fingerprint density at radius 3 is 2.56 bits per heavy atom. The van der Waals surface area contributed by atoms with Crippen LogP contribution in [0.4, 0.5) is 0 Å². The van der Waals surface area contributed by atoms with Crippen molar-refractivity contribution in [3.8, 4) is 0 Å². The second-order valence-corrected chi connectivity index (χ2v) is 7.00. The van der Waals surface area contributed by atoms with Crippen molar-refractivity contribution in [3.05, 3.63) is 0 Å². The number of nitrogens with zero attached hydrogens (tertiary/aromatic N) is 2. The van der Waals surface area contributed by atoms with Crippen molar-refractivity contribution in [2.24, 2.45) is 17.6 Å². The molecule has 2 rings (SSSR count). The molecule has 3 nitrogen and oxygen atoms in total. The van der Waals surface area contributed by atoms with Crippen LogP contribution in [0.15, 0.2) is 0 Å². The van der Waals surface area contributed by atoms with E-state index in [0.717, 1.165) is 17.9 Å². The Kier molecular flexibility index (Phi) is 4.68. The van der Waals surface area contributed by atoms with Crippen LogP contribution in [-0.2, 0) is 0 Å². The van der Waals surface area contributed by atoms with E-state index < -0.39 is 0 Å². The first-order valence-corrected chi connectivity index (χ1v) is 7.65. The summed E-state index contributed by atoms with van der Waals surface area (Å²) < 4.78 is 0. The smallest absolute Gasteiger partial charge is 0.0276 e. The highest BCUT2D eigenvalue weighted by molar-refractivity contribution is 4.97. The summed E-state index contributed by atoms with van der Waals surface area (Å²) in [5.74, 6) is 1.56. The van der Waals surface area contributed by atoms with Crippen LogP contribution in [0.1, 0.15) is 39.5 Å². The highest BCUT2D eigenvalue weighted by Crippen LogP contribution is 2.35. The van der Waals surface area contributed by atoms with Gasteiger partial charge in [0.1, 0.15) is 0 Å². The fourth-order valence-corrected chi connectivity index (χ4v) is 4.34. The second kappa shape index (κ2) is 5.89. The molecule has 2 N–H and O–H groups in total. The summed E-state index contributed by atoms with van der Waals surface area (Å²) in [7, 11) is 4.37. The summed E-state index contributed by atoms with van der Waals surface area (Å²) in [5.41, 5.74) is 6.48. The fraction of sp³-hybridized carbons (Fsp3) is 1.00. The molecule has 1 aliphatic carbocycles. The SMILES string of the molecule is CC1CC(C)C(N2CCCC2CN(C)C)C(N)C1. The molecule has 0 amide bonds. The number of rotatable bonds is 3. The number of hydrogen-bond donors (Lipinski definition) is 1. The fourth-order valence-electron chi connectivity index (χ4n) is 4.34. The van der Waals surface area contributed by atoms with Crippen LogP contribution in [0.2, 0.25) is 0 Å². The maximum atomic E-state index is 6.48. The molecule has 1 heterocycles. The van der Waals surface area contributed by atoms with Gasteiger partial charge in [0, 0.05) is 24.7 Å². The Balaban J connectivity index is 2.04. The van der Waals surface area contributed by atoms with E-state index >= 15 is 0 Å². The number of nitrogens with two attached hydrogens (primary N) is 1. The predicted octanol–water partition coefficient (Wildman–Crippen LogP) is 1.77. The molecule has 0 aromatic carbocycles. The summed E-state index contributed by atoms with van der Waals surface area (Å²) in [6, 6.07) is 1.73. The summed E-state index contributed by atoms with van der Waals surface area (Å²) in [5, 5.41) is 0. The summed E-state index contributed by atoms with van der Waals surface area (Å²) in [4.78, 5) is 5.06. The number of likely N-dealkylation sites (N-methyl/N-ethyl adjacent to an activating group) is 1. The first-order valence-electron chi connectivity index (χ1n) is 7.65. The van der Waals surface area contributed by atoms with Gasteiger partial charge in [-0.2, -0.15) is 0 Å². The van der Waals surface area contributed by atoms with E-state index in [9.17, 15) is 0 Å². The lowest BCUT2D eigenvalue weighted by molar-refractivity contribution is 0.0570. The van der Waals surface area contributed by atoms with Crippen LogP contribution in [0.3, 0.4) is 0 Å². The van der Waals surface area contributed by atoms with Gasteiger partial charge in [0.25, 0.3) is 0 Å². The highest BCUT2D eigenvalue weighted by Gasteiger charge is 2.40. The number of hydrogen-bond acceptors (Lipinski definition) is 3. The average molecular weight is 253 g/mol. The topological polar surface area (TPSA) is 32.5 Å². The Morgan fingerprint density at radius 2 is 1.94 bits per heavy atom. The van der Waals surface area contributed by atoms with E-state index in [1.165, 1.54) is 38.8 Å². The molecular weight excluding hydrogens is 222 g/mol. The largest absolute Gasteiger partial charge is 0.326 e. The molecule has 0 aromatic rings. The zero-order valence-electron chi connectivity index (χ0n) is 12.6. The molecule has 18 heavy (non-hydrogen) atoms. The van der Waals surface area contributed by atoms with E-state index in [1.807, 2.05) is 0 Å². The molecule has 0 bridgehead atoms. The van der Waals surface area contributed by atoms with Crippen molar-refractivity contribution >= 4 is 0 Å². The minimum absolute atomic E-state index is 0.381. The van der Waals surface area contributed by atoms with Gasteiger partial charge in [0.05, 0.1) is 0 Å². The van der Waals surface area contributed by atoms with E-state index in [0.29, 0.717) is 12.1 Å². The predicted molar refractivity (Wildman–Crippen MR) is 77.6 cm³/mol. The van der Waals surface area contributed by atoms with E-state index in [2.05, 4.69) is 37.7 Å². The average Bonchev–Trinajstić information content (AvgIpc) is 2.63. The Bertz CT molecular complexity index is 254. The van der Waals surface area contributed by atoms with Crippen molar-refractivity contribution in [2.75, 3.05) is 27.2 Å². The molecule has 0 aromatic heterocycles. The van der Waals surface area contributed by atoms with Crippen LogP contribution in [0.5, 0.6) is 0 Å². The normalized spacial score (nSPS) is 42.7. The third-order valence-electron chi connectivity index (χ3n) is 4.85. The molecule has 0 spiro atoms. The van der Waals surface area contributed by atoms with Gasteiger partial charge in [-0.3, -0.25) is 4.90 Å². The summed E-state index contributed by atoms with van der Waals surface area (Å²) >= 11 is 0. The zero-order chi connectivity index (χ0) is 13.3. The van der Waals surface area contributed by atoms with Gasteiger partial charge in [-0.25, -0.2) is 0 Å². The molecule has 3 heteroatoms. The Labute approximate surface area is 113 Å². The molecular formula is C15H31N3. The third-order valence-corrected chi connectivity index (χ3v) is 4.85. The lowest BCUT2D eigenvalue weighted by Gasteiger charge is -2.45. The van der Waals surface area contributed by atoms with Gasteiger partial charge in [-0.15, -0.1) is 0 Å². The molecule has 106 valence electrons. The minimum atomic E-state index is 0.381. The van der Waals surface area contributed by atoms with Crippen molar-refractivity contribution in [2.45, 2.75) is 57.7 Å². The maximum absolute atomic E-state index is 6.48. The number of likely N-dealkylation sites (tertiary alicyclic amines) is 1. The zero-order valence-corrected chi connectivity index (χ0v) is 12.6. The van der Waals surface area contributed by atoms with E-state index in [4.69, 9.17) is 5.73 Å². The Morgan fingerprint density at radius 1 is 1.22 bits per heavy atom. The van der Waals surface area contributed by atoms with Gasteiger partial charge in [-0.1, -0.05) is 13.8 Å². The van der Waals surface area contributed by atoms with Crippen molar-refractivity contribution in [1.29, 1.82) is 0 Å². The van der Waals surface area contributed by atoms with Crippen molar-refractivity contribution < 1.29 is 0 Å². The second-order valence-electron chi connectivity index (χ2n) is 7.00. The lowest BCUT2D eigenvalue weighted by atomic mass is 9.76. The van der Waals surface area contributed by atoms with Crippen LogP contribution in [0, 0.1) is 11.8 Å². The van der Waals surface area contributed by atoms with Crippen LogP contribution in [0.25, 0.3) is 0 Å². The molecule has 2 fully saturated rings. The first kappa shape index (κ1) is 14.3. The van der Waals surface area contributed by atoms with Crippen LogP contribution in [-0.4, -0.2) is 55.1 Å². The van der Waals surface area contributed by atoms with Crippen molar-refractivity contribution in [1.82, 2.24) is 9.80 Å². The maximum Gasteiger partial charge on any atom is 0.0276 e. The minimum Gasteiger partial charge on any atom is -0.326 e. The van der Waals surface area contributed by atoms with Gasteiger partial charge >= 0.3 is 0 Å². The van der Waals surface area contributed by atoms with E-state index in [1.54, 1.807) is 0 Å². The highest BCUT2D eigenvalue weighted by atomic mass is 15.3. The molecule has 1 saturated heterocycles. The molecule has 5 atom stereocenters. The molecule has 0 radical (unpaired) electrons. The lowest BCUT2D eigenvalue weighted by Crippen LogP contribution is -2.57. The molecule has 1 saturated carbocycles. The van der Waals surface area contributed by atoms with Gasteiger partial charge < -0.3 is 10.6 Å². The van der Waals surface area contributed by atoms with Crippen molar-refractivity contribution in [3.63, 3.8) is 0 Å².